The molecule has 1 aromatic rings. The number of hydrogen-bond donors (Lipinski definition) is 1. The van der Waals surface area contributed by atoms with E-state index < -0.39 is 17.1 Å². The van der Waals surface area contributed by atoms with Crippen LogP contribution in [0.25, 0.3) is 0 Å². The fraction of sp³-hybridized carbons (Fsp3) is 0.364. The number of aromatic hydroxyl groups is 1. The van der Waals surface area contributed by atoms with E-state index in [0.717, 1.165) is 6.07 Å². The van der Waals surface area contributed by atoms with E-state index in [9.17, 15) is 14.3 Å². The number of ether oxygens (including phenoxy) is 2. The summed E-state index contributed by atoms with van der Waals surface area (Å²) in [6.45, 7) is -0.0356. The van der Waals surface area contributed by atoms with Crippen LogP contribution < -0.4 is 9.47 Å². The average molecular weight is 237 g/mol. The zero-order valence-corrected chi connectivity index (χ0v) is 8.70. The Hall–Kier alpha value is -2.07. The van der Waals surface area contributed by atoms with Crippen LogP contribution in [0, 0.1) is 5.82 Å². The normalized spacial score (nSPS) is 18.6. The molecule has 1 saturated carbocycles. The van der Waals surface area contributed by atoms with Crippen LogP contribution in [0.2, 0.25) is 0 Å². The maximum absolute atomic E-state index is 13.9. The van der Waals surface area contributed by atoms with Crippen molar-refractivity contribution in [1.82, 2.24) is 0 Å². The SMILES string of the molecule is O=C=NC1(c2c(F)c(O)cc3c2OCO3)CC1. The smallest absolute Gasteiger partial charge is 0.235 e. The highest BCUT2D eigenvalue weighted by Crippen LogP contribution is 2.57. The molecule has 6 heteroatoms. The van der Waals surface area contributed by atoms with Crippen LogP contribution >= 0.6 is 0 Å². The lowest BCUT2D eigenvalue weighted by molar-refractivity contribution is 0.172. The van der Waals surface area contributed by atoms with Crippen LogP contribution in [0.4, 0.5) is 4.39 Å². The molecule has 88 valence electrons. The molecule has 0 radical (unpaired) electrons. The third kappa shape index (κ3) is 1.31. The van der Waals surface area contributed by atoms with Crippen molar-refractivity contribution in [3.8, 4) is 17.2 Å². The van der Waals surface area contributed by atoms with Gasteiger partial charge in [0.25, 0.3) is 0 Å². The molecule has 1 N–H and O–H groups in total. The summed E-state index contributed by atoms with van der Waals surface area (Å²) in [6, 6.07) is 1.15. The molecule has 0 aromatic heterocycles. The predicted molar refractivity (Wildman–Crippen MR) is 53.2 cm³/mol. The first-order valence-electron chi connectivity index (χ1n) is 5.08. The van der Waals surface area contributed by atoms with Crippen LogP contribution in [0.5, 0.6) is 17.2 Å². The quantitative estimate of drug-likeness (QED) is 0.626. The van der Waals surface area contributed by atoms with Crippen molar-refractivity contribution in [2.75, 3.05) is 6.79 Å². The Bertz CT molecular complexity index is 547. The number of phenols is 1. The molecule has 3 rings (SSSR count). The highest BCUT2D eigenvalue weighted by Gasteiger charge is 2.51. The second-order valence-corrected chi connectivity index (χ2v) is 4.05. The second kappa shape index (κ2) is 3.21. The van der Waals surface area contributed by atoms with Crippen LogP contribution in [-0.4, -0.2) is 18.0 Å². The van der Waals surface area contributed by atoms with E-state index in [2.05, 4.69) is 4.99 Å². The molecule has 1 fully saturated rings. The molecule has 0 saturated heterocycles. The molecule has 0 bridgehead atoms. The Morgan fingerprint density at radius 2 is 2.24 bits per heavy atom. The minimum atomic E-state index is -0.942. The maximum Gasteiger partial charge on any atom is 0.235 e. The molecule has 1 heterocycles. The lowest BCUT2D eigenvalue weighted by Gasteiger charge is -2.13. The van der Waals surface area contributed by atoms with E-state index in [4.69, 9.17) is 9.47 Å². The van der Waals surface area contributed by atoms with Crippen LogP contribution in [0.15, 0.2) is 11.1 Å². The van der Waals surface area contributed by atoms with E-state index in [-0.39, 0.29) is 23.9 Å². The summed E-state index contributed by atoms with van der Waals surface area (Å²) >= 11 is 0. The number of hydrogen-bond acceptors (Lipinski definition) is 5. The van der Waals surface area contributed by atoms with Gasteiger partial charge in [-0.05, 0) is 12.8 Å². The number of carbonyl (C=O) groups excluding carboxylic acids is 1. The Labute approximate surface area is 95.5 Å². The summed E-state index contributed by atoms with van der Waals surface area (Å²) in [6.07, 6.45) is 2.49. The lowest BCUT2D eigenvalue weighted by atomic mass is 10.0. The van der Waals surface area contributed by atoms with Gasteiger partial charge < -0.3 is 14.6 Å². The van der Waals surface area contributed by atoms with Gasteiger partial charge in [-0.1, -0.05) is 0 Å². The molecular weight excluding hydrogens is 229 g/mol. The molecule has 1 aromatic carbocycles. The van der Waals surface area contributed by atoms with Crippen molar-refractivity contribution in [3.63, 3.8) is 0 Å². The first kappa shape index (κ1) is 10.1. The standard InChI is InChI=1S/C11H8FNO4/c12-9-6(15)3-7-10(17-5-16-7)8(9)11(1-2-11)13-4-14/h3,15H,1-2,5H2. The molecule has 0 atom stereocenters. The van der Waals surface area contributed by atoms with Gasteiger partial charge in [-0.15, -0.1) is 0 Å². The van der Waals surface area contributed by atoms with Crippen molar-refractivity contribution in [2.24, 2.45) is 4.99 Å². The summed E-state index contributed by atoms with van der Waals surface area (Å²) < 4.78 is 24.2. The lowest BCUT2D eigenvalue weighted by Crippen LogP contribution is -2.07. The fourth-order valence-electron chi connectivity index (χ4n) is 2.05. The zero-order chi connectivity index (χ0) is 12.0. The summed E-state index contributed by atoms with van der Waals surface area (Å²) in [7, 11) is 0. The Morgan fingerprint density at radius 3 is 2.88 bits per heavy atom. The molecule has 1 aliphatic heterocycles. The van der Waals surface area contributed by atoms with Crippen LogP contribution in [0.1, 0.15) is 18.4 Å². The molecular formula is C11H8FNO4. The molecule has 2 aliphatic rings. The molecule has 0 unspecified atom stereocenters. The van der Waals surface area contributed by atoms with Crippen molar-refractivity contribution in [3.05, 3.63) is 17.4 Å². The van der Waals surface area contributed by atoms with Gasteiger partial charge in [0.15, 0.2) is 23.1 Å². The second-order valence-electron chi connectivity index (χ2n) is 4.05. The third-order valence-electron chi connectivity index (χ3n) is 3.03. The van der Waals surface area contributed by atoms with E-state index in [1.807, 2.05) is 0 Å². The number of phenolic OH excluding ortho intramolecular Hbond substituents is 1. The number of aliphatic imine (C=N–C) groups is 1. The number of isocyanates is 1. The Balaban J connectivity index is 2.25. The van der Waals surface area contributed by atoms with Crippen molar-refractivity contribution >= 4 is 6.08 Å². The number of benzene rings is 1. The largest absolute Gasteiger partial charge is 0.505 e. The minimum Gasteiger partial charge on any atom is -0.505 e. The number of nitrogens with zero attached hydrogens (tertiary/aromatic N) is 1. The van der Waals surface area contributed by atoms with Gasteiger partial charge in [0.2, 0.25) is 12.9 Å². The Morgan fingerprint density at radius 1 is 1.47 bits per heavy atom. The van der Waals surface area contributed by atoms with Gasteiger partial charge in [-0.2, -0.15) is 4.99 Å². The first-order valence-corrected chi connectivity index (χ1v) is 5.08. The fourth-order valence-corrected chi connectivity index (χ4v) is 2.05. The summed E-state index contributed by atoms with van der Waals surface area (Å²) in [5.74, 6) is -0.856. The number of halogens is 1. The summed E-state index contributed by atoms with van der Waals surface area (Å²) in [5, 5.41) is 9.47. The van der Waals surface area contributed by atoms with E-state index in [1.165, 1.54) is 6.08 Å². The first-order chi connectivity index (χ1) is 8.18. The third-order valence-corrected chi connectivity index (χ3v) is 3.03. The van der Waals surface area contributed by atoms with Gasteiger partial charge in [0.1, 0.15) is 5.54 Å². The Kier molecular flexibility index (Phi) is 1.91. The number of fused-ring (bicyclic) bond motifs is 1. The topological polar surface area (TPSA) is 68.1 Å². The number of rotatable bonds is 2. The molecule has 0 amide bonds. The highest BCUT2D eigenvalue weighted by atomic mass is 19.1. The monoisotopic (exact) mass is 237 g/mol. The highest BCUT2D eigenvalue weighted by molar-refractivity contribution is 5.59. The van der Waals surface area contributed by atoms with Crippen molar-refractivity contribution < 1.29 is 23.8 Å². The van der Waals surface area contributed by atoms with Gasteiger partial charge in [0, 0.05) is 6.07 Å². The zero-order valence-electron chi connectivity index (χ0n) is 8.70. The van der Waals surface area contributed by atoms with Crippen LogP contribution in [0.3, 0.4) is 0 Å². The minimum absolute atomic E-state index is 0.0356. The van der Waals surface area contributed by atoms with Gasteiger partial charge in [0.05, 0.1) is 5.56 Å². The van der Waals surface area contributed by atoms with Gasteiger partial charge in [-0.25, -0.2) is 9.18 Å². The molecule has 0 spiro atoms. The van der Waals surface area contributed by atoms with E-state index in [1.54, 1.807) is 0 Å². The van der Waals surface area contributed by atoms with Crippen LogP contribution in [-0.2, 0) is 10.3 Å². The molecule has 17 heavy (non-hydrogen) atoms. The van der Waals surface area contributed by atoms with Crippen molar-refractivity contribution in [2.45, 2.75) is 18.4 Å². The summed E-state index contributed by atoms with van der Waals surface area (Å²) in [5.41, 5.74) is -0.851. The van der Waals surface area contributed by atoms with E-state index in [0.29, 0.717) is 12.8 Å². The van der Waals surface area contributed by atoms with Gasteiger partial charge >= 0.3 is 0 Å². The average Bonchev–Trinajstić information content (AvgIpc) is 2.91. The van der Waals surface area contributed by atoms with Crippen molar-refractivity contribution in [1.29, 1.82) is 0 Å². The molecule has 1 aliphatic carbocycles. The summed E-state index contributed by atoms with van der Waals surface area (Å²) in [4.78, 5) is 14.0. The van der Waals surface area contributed by atoms with Gasteiger partial charge in [-0.3, -0.25) is 0 Å². The van der Waals surface area contributed by atoms with E-state index >= 15 is 0 Å². The molecule has 5 nitrogen and oxygen atoms in total. The maximum atomic E-state index is 13.9. The predicted octanol–water partition coefficient (Wildman–Crippen LogP) is 1.58.